The van der Waals surface area contributed by atoms with Gasteiger partial charge in [0, 0.05) is 36.3 Å². The normalized spacial score (nSPS) is 13.1. The number of carbonyl (C=O) groups excluding carboxylic acids is 2. The van der Waals surface area contributed by atoms with Crippen LogP contribution in [-0.2, 0) is 17.8 Å². The number of hydrogen-bond donors (Lipinski definition) is 2. The first-order valence-electron chi connectivity index (χ1n) is 9.04. The third-order valence-electron chi connectivity index (χ3n) is 4.84. The molecule has 4 rings (SSSR count). The van der Waals surface area contributed by atoms with E-state index in [1.165, 1.54) is 0 Å². The van der Waals surface area contributed by atoms with E-state index in [2.05, 4.69) is 10.2 Å². The zero-order chi connectivity index (χ0) is 19.5. The third-order valence-corrected chi connectivity index (χ3v) is 4.84. The van der Waals surface area contributed by atoms with Gasteiger partial charge in [0.2, 0.25) is 0 Å². The first kappa shape index (κ1) is 17.8. The molecule has 0 radical (unpaired) electrons. The lowest BCUT2D eigenvalue weighted by atomic mass is 10.0. The molecule has 0 spiro atoms. The minimum atomic E-state index is -0.587. The number of nitrogens with one attached hydrogen (secondary N) is 1. The van der Waals surface area contributed by atoms with Crippen molar-refractivity contribution in [3.8, 4) is 17.0 Å². The van der Waals surface area contributed by atoms with Crippen molar-refractivity contribution in [2.45, 2.75) is 13.0 Å². The number of benzene rings is 2. The molecule has 0 aliphatic carbocycles. The molecule has 3 N–H and O–H groups in total. The fourth-order valence-corrected chi connectivity index (χ4v) is 3.37. The van der Waals surface area contributed by atoms with Crippen LogP contribution in [0.15, 0.2) is 54.6 Å². The van der Waals surface area contributed by atoms with Gasteiger partial charge in [0.1, 0.15) is 5.75 Å². The fraction of sp³-hybridized carbons (Fsp3) is 0.190. The Morgan fingerprint density at radius 1 is 1.11 bits per heavy atom. The number of H-pyrrole nitrogens is 1. The number of carbonyl (C=O) groups is 2. The van der Waals surface area contributed by atoms with Crippen molar-refractivity contribution in [1.29, 1.82) is 0 Å². The number of rotatable bonds is 5. The monoisotopic (exact) mass is 376 g/mol. The fourth-order valence-electron chi connectivity index (χ4n) is 3.37. The second kappa shape index (κ2) is 7.56. The van der Waals surface area contributed by atoms with Gasteiger partial charge in [0.15, 0.2) is 6.61 Å². The predicted octanol–water partition coefficient (Wildman–Crippen LogP) is 2.14. The summed E-state index contributed by atoms with van der Waals surface area (Å²) < 4.78 is 5.58. The topological polar surface area (TPSA) is 101 Å². The summed E-state index contributed by atoms with van der Waals surface area (Å²) >= 11 is 0. The highest BCUT2D eigenvalue weighted by Gasteiger charge is 2.26. The molecule has 1 aromatic heterocycles. The quantitative estimate of drug-likeness (QED) is 0.712. The number of fused-ring (bicyclic) bond motifs is 1. The van der Waals surface area contributed by atoms with Crippen LogP contribution in [0.3, 0.4) is 0 Å². The van der Waals surface area contributed by atoms with Crippen LogP contribution in [0.5, 0.6) is 5.75 Å². The van der Waals surface area contributed by atoms with Crippen LogP contribution in [0.2, 0.25) is 0 Å². The van der Waals surface area contributed by atoms with Crippen LogP contribution in [0.25, 0.3) is 11.3 Å². The van der Waals surface area contributed by atoms with Crippen LogP contribution in [-0.4, -0.2) is 40.1 Å². The Balaban J connectivity index is 1.47. The lowest BCUT2D eigenvalue weighted by Crippen LogP contribution is -2.39. The van der Waals surface area contributed by atoms with Gasteiger partial charge in [-0.3, -0.25) is 14.7 Å². The van der Waals surface area contributed by atoms with E-state index in [1.54, 1.807) is 29.2 Å². The summed E-state index contributed by atoms with van der Waals surface area (Å²) in [7, 11) is 0. The van der Waals surface area contributed by atoms with Crippen molar-refractivity contribution in [3.05, 3.63) is 71.4 Å². The van der Waals surface area contributed by atoms with Crippen LogP contribution >= 0.6 is 0 Å². The number of primary amides is 1. The molecule has 0 atom stereocenters. The SMILES string of the molecule is NC(=O)c1ccccc1OCC(=O)N1CCc2[nH]nc(-c3ccccc3)c2C1. The van der Waals surface area contributed by atoms with Crippen LogP contribution in [0.4, 0.5) is 0 Å². The molecular weight excluding hydrogens is 356 g/mol. The molecule has 7 heteroatoms. The van der Waals surface area contributed by atoms with E-state index in [0.29, 0.717) is 25.3 Å². The molecule has 28 heavy (non-hydrogen) atoms. The lowest BCUT2D eigenvalue weighted by Gasteiger charge is -2.27. The zero-order valence-corrected chi connectivity index (χ0v) is 15.2. The number of hydrogen-bond acceptors (Lipinski definition) is 4. The summed E-state index contributed by atoms with van der Waals surface area (Å²) in [5, 5.41) is 7.53. The molecule has 142 valence electrons. The first-order chi connectivity index (χ1) is 13.6. The number of aromatic amines is 1. The lowest BCUT2D eigenvalue weighted by molar-refractivity contribution is -0.134. The van der Waals surface area contributed by atoms with Gasteiger partial charge in [-0.25, -0.2) is 0 Å². The van der Waals surface area contributed by atoms with Crippen molar-refractivity contribution >= 4 is 11.8 Å². The van der Waals surface area contributed by atoms with Crippen molar-refractivity contribution in [3.63, 3.8) is 0 Å². The molecule has 1 aliphatic rings. The summed E-state index contributed by atoms with van der Waals surface area (Å²) in [6.45, 7) is 0.900. The first-order valence-corrected chi connectivity index (χ1v) is 9.04. The van der Waals surface area contributed by atoms with Crippen LogP contribution in [0.1, 0.15) is 21.6 Å². The predicted molar refractivity (Wildman–Crippen MR) is 104 cm³/mol. The van der Waals surface area contributed by atoms with E-state index in [0.717, 1.165) is 22.5 Å². The summed E-state index contributed by atoms with van der Waals surface area (Å²) in [6, 6.07) is 16.5. The Morgan fingerprint density at radius 2 is 1.86 bits per heavy atom. The summed E-state index contributed by atoms with van der Waals surface area (Å²) in [4.78, 5) is 25.9. The van der Waals surface area contributed by atoms with Gasteiger partial charge >= 0.3 is 0 Å². The van der Waals surface area contributed by atoms with E-state index >= 15 is 0 Å². The molecule has 0 bridgehead atoms. The molecule has 2 heterocycles. The standard InChI is InChI=1S/C21H20N4O3/c22-21(27)15-8-4-5-9-18(15)28-13-19(26)25-11-10-17-16(12-25)20(24-23-17)14-6-2-1-3-7-14/h1-9H,10-13H2,(H2,22,27)(H,23,24). The number of para-hydroxylation sites is 1. The third kappa shape index (κ3) is 3.46. The molecule has 7 nitrogen and oxygen atoms in total. The van der Waals surface area contributed by atoms with Crippen molar-refractivity contribution < 1.29 is 14.3 Å². The van der Waals surface area contributed by atoms with Gasteiger partial charge in [-0.05, 0) is 12.1 Å². The molecule has 1 aliphatic heterocycles. The number of nitrogens with two attached hydrogens (primary N) is 1. The van der Waals surface area contributed by atoms with E-state index in [9.17, 15) is 9.59 Å². The van der Waals surface area contributed by atoms with Gasteiger partial charge < -0.3 is 15.4 Å². The zero-order valence-electron chi connectivity index (χ0n) is 15.2. The maximum Gasteiger partial charge on any atom is 0.260 e. The Bertz CT molecular complexity index is 1010. The smallest absolute Gasteiger partial charge is 0.260 e. The summed E-state index contributed by atoms with van der Waals surface area (Å²) in [6.07, 6.45) is 0.707. The Labute approximate surface area is 162 Å². The van der Waals surface area contributed by atoms with Gasteiger partial charge in [-0.1, -0.05) is 42.5 Å². The van der Waals surface area contributed by atoms with Crippen molar-refractivity contribution in [2.24, 2.45) is 5.73 Å². The molecule has 0 unspecified atom stereocenters. The molecule has 0 saturated heterocycles. The minimum Gasteiger partial charge on any atom is -0.483 e. The number of aromatic nitrogens is 2. The average molecular weight is 376 g/mol. The molecule has 0 fully saturated rings. The number of nitrogens with zero attached hydrogens (tertiary/aromatic N) is 2. The maximum absolute atomic E-state index is 12.7. The Hall–Kier alpha value is -3.61. The molecular formula is C21H20N4O3. The number of amides is 2. The molecule has 0 saturated carbocycles. The minimum absolute atomic E-state index is 0.148. The van der Waals surface area contributed by atoms with Crippen LogP contribution in [0, 0.1) is 0 Å². The average Bonchev–Trinajstić information content (AvgIpc) is 3.16. The van der Waals surface area contributed by atoms with E-state index in [-0.39, 0.29) is 18.1 Å². The van der Waals surface area contributed by atoms with Gasteiger partial charge in [-0.2, -0.15) is 5.10 Å². The summed E-state index contributed by atoms with van der Waals surface area (Å²) in [5.41, 5.74) is 9.59. The second-order valence-electron chi connectivity index (χ2n) is 6.61. The number of ether oxygens (including phenoxy) is 1. The Morgan fingerprint density at radius 3 is 2.64 bits per heavy atom. The van der Waals surface area contributed by atoms with Crippen molar-refractivity contribution in [1.82, 2.24) is 15.1 Å². The largest absolute Gasteiger partial charge is 0.483 e. The van der Waals surface area contributed by atoms with E-state index in [4.69, 9.17) is 10.5 Å². The maximum atomic E-state index is 12.7. The van der Waals surface area contributed by atoms with E-state index < -0.39 is 5.91 Å². The highest BCUT2D eigenvalue weighted by molar-refractivity contribution is 5.95. The molecule has 2 amide bonds. The van der Waals surface area contributed by atoms with Gasteiger partial charge in [0.05, 0.1) is 11.3 Å². The Kier molecular flexibility index (Phi) is 4.80. The summed E-state index contributed by atoms with van der Waals surface area (Å²) in [5.74, 6) is -0.420. The highest BCUT2D eigenvalue weighted by atomic mass is 16.5. The van der Waals surface area contributed by atoms with Gasteiger partial charge in [0.25, 0.3) is 11.8 Å². The van der Waals surface area contributed by atoms with Crippen LogP contribution < -0.4 is 10.5 Å². The van der Waals surface area contributed by atoms with E-state index in [1.807, 2.05) is 30.3 Å². The van der Waals surface area contributed by atoms with Gasteiger partial charge in [-0.15, -0.1) is 0 Å². The second-order valence-corrected chi connectivity index (χ2v) is 6.61. The molecule has 3 aromatic rings. The highest BCUT2D eigenvalue weighted by Crippen LogP contribution is 2.28. The molecule has 2 aromatic carbocycles. The van der Waals surface area contributed by atoms with Crippen molar-refractivity contribution in [2.75, 3.05) is 13.2 Å².